The fraction of sp³-hybridized carbons (Fsp3) is 0.278. The number of carbonyl (C=O) groups is 1. The van der Waals surface area contributed by atoms with Crippen LogP contribution in [0.2, 0.25) is 0 Å². The van der Waals surface area contributed by atoms with Gasteiger partial charge in [-0.15, -0.1) is 0 Å². The first-order valence-electron chi connectivity index (χ1n) is 6.94. The van der Waals surface area contributed by atoms with E-state index < -0.39 is 0 Å². The Morgan fingerprint density at radius 2 is 1.90 bits per heavy atom. The fourth-order valence-corrected chi connectivity index (χ4v) is 2.66. The van der Waals surface area contributed by atoms with Gasteiger partial charge in [-0.05, 0) is 37.0 Å². The van der Waals surface area contributed by atoms with Crippen molar-refractivity contribution in [3.63, 3.8) is 0 Å². The van der Waals surface area contributed by atoms with Crippen molar-refractivity contribution < 1.29 is 9.53 Å². The van der Waals surface area contributed by atoms with Crippen LogP contribution in [0.4, 0.5) is 0 Å². The number of methoxy groups -OCH3 is 1. The summed E-state index contributed by atoms with van der Waals surface area (Å²) < 4.78 is 5.24. The van der Waals surface area contributed by atoms with E-state index in [1.807, 2.05) is 49.4 Å². The van der Waals surface area contributed by atoms with Gasteiger partial charge in [-0.3, -0.25) is 4.79 Å². The number of ketones is 1. The third-order valence-electron chi connectivity index (χ3n) is 3.99. The van der Waals surface area contributed by atoms with E-state index in [2.05, 4.69) is 6.07 Å². The lowest BCUT2D eigenvalue weighted by Gasteiger charge is -2.04. The van der Waals surface area contributed by atoms with E-state index in [1.54, 1.807) is 7.11 Å². The first-order chi connectivity index (χ1) is 9.69. The molecular formula is C18H18O2. The normalized spacial score (nSPS) is 20.5. The average Bonchev–Trinajstić information content (AvgIpc) is 3.28. The van der Waals surface area contributed by atoms with Crippen LogP contribution in [-0.4, -0.2) is 12.9 Å². The van der Waals surface area contributed by atoms with E-state index >= 15 is 0 Å². The van der Waals surface area contributed by atoms with Gasteiger partial charge < -0.3 is 4.74 Å². The zero-order chi connectivity index (χ0) is 14.1. The molecule has 20 heavy (non-hydrogen) atoms. The molecule has 0 heterocycles. The van der Waals surface area contributed by atoms with E-state index in [4.69, 9.17) is 4.74 Å². The molecule has 2 aromatic rings. The molecule has 0 aromatic heterocycles. The molecule has 0 aliphatic heterocycles. The van der Waals surface area contributed by atoms with Crippen molar-refractivity contribution in [1.29, 1.82) is 0 Å². The molecule has 0 radical (unpaired) electrons. The summed E-state index contributed by atoms with van der Waals surface area (Å²) in [5.74, 6) is 1.59. The third-order valence-corrected chi connectivity index (χ3v) is 3.99. The lowest BCUT2D eigenvalue weighted by Crippen LogP contribution is -2.03. The topological polar surface area (TPSA) is 26.3 Å². The summed E-state index contributed by atoms with van der Waals surface area (Å²) in [6.45, 7) is 2.03. The maximum Gasteiger partial charge on any atom is 0.166 e. The first-order valence-corrected chi connectivity index (χ1v) is 6.94. The van der Waals surface area contributed by atoms with Gasteiger partial charge in [0.2, 0.25) is 0 Å². The van der Waals surface area contributed by atoms with Crippen LogP contribution in [0.3, 0.4) is 0 Å². The van der Waals surface area contributed by atoms with Crippen molar-refractivity contribution in [2.75, 3.05) is 7.11 Å². The Bertz CT molecular complexity index is 628. The molecule has 0 amide bonds. The molecule has 0 bridgehead atoms. The van der Waals surface area contributed by atoms with Gasteiger partial charge in [0.05, 0.1) is 7.11 Å². The number of aryl methyl sites for hydroxylation is 1. The summed E-state index contributed by atoms with van der Waals surface area (Å²) in [6.07, 6.45) is 0.944. The van der Waals surface area contributed by atoms with Crippen LogP contribution >= 0.6 is 0 Å². The Morgan fingerprint density at radius 3 is 2.60 bits per heavy atom. The number of ether oxygens (including phenoxy) is 1. The molecule has 1 fully saturated rings. The zero-order valence-corrected chi connectivity index (χ0v) is 11.8. The third kappa shape index (κ3) is 2.46. The van der Waals surface area contributed by atoms with Crippen molar-refractivity contribution in [1.82, 2.24) is 0 Å². The van der Waals surface area contributed by atoms with Crippen LogP contribution in [-0.2, 0) is 0 Å². The molecule has 3 rings (SSSR count). The maximum atomic E-state index is 12.4. The van der Waals surface area contributed by atoms with Crippen molar-refractivity contribution in [2.24, 2.45) is 5.92 Å². The van der Waals surface area contributed by atoms with Gasteiger partial charge in [-0.2, -0.15) is 0 Å². The van der Waals surface area contributed by atoms with Crippen LogP contribution in [0, 0.1) is 12.8 Å². The Morgan fingerprint density at radius 1 is 1.15 bits per heavy atom. The summed E-state index contributed by atoms with van der Waals surface area (Å²) in [6, 6.07) is 15.9. The van der Waals surface area contributed by atoms with E-state index in [9.17, 15) is 4.79 Å². The highest BCUT2D eigenvalue weighted by atomic mass is 16.5. The highest BCUT2D eigenvalue weighted by Gasteiger charge is 2.44. The average molecular weight is 266 g/mol. The highest BCUT2D eigenvalue weighted by Crippen LogP contribution is 2.49. The van der Waals surface area contributed by atoms with Gasteiger partial charge in [-0.25, -0.2) is 0 Å². The molecule has 0 spiro atoms. The van der Waals surface area contributed by atoms with Gasteiger partial charge in [-0.1, -0.05) is 42.0 Å². The molecule has 102 valence electrons. The molecule has 2 aromatic carbocycles. The minimum absolute atomic E-state index is 0.129. The van der Waals surface area contributed by atoms with Crippen LogP contribution in [0.15, 0.2) is 48.5 Å². The summed E-state index contributed by atoms with van der Waals surface area (Å²) in [5.41, 5.74) is 3.21. The van der Waals surface area contributed by atoms with Gasteiger partial charge >= 0.3 is 0 Å². The molecule has 2 unspecified atom stereocenters. The molecule has 1 saturated carbocycles. The second-order valence-corrected chi connectivity index (χ2v) is 5.46. The summed E-state index contributed by atoms with van der Waals surface area (Å²) in [4.78, 5) is 12.4. The van der Waals surface area contributed by atoms with Crippen LogP contribution < -0.4 is 4.74 Å². The molecular weight excluding hydrogens is 248 g/mol. The minimum atomic E-state index is 0.129. The van der Waals surface area contributed by atoms with Crippen LogP contribution in [0.5, 0.6) is 5.75 Å². The largest absolute Gasteiger partial charge is 0.497 e. The first kappa shape index (κ1) is 12.9. The number of hydrogen-bond donors (Lipinski definition) is 0. The summed E-state index contributed by atoms with van der Waals surface area (Å²) in [5, 5.41) is 0. The monoisotopic (exact) mass is 266 g/mol. The maximum absolute atomic E-state index is 12.4. The number of benzene rings is 2. The molecule has 1 aliphatic rings. The van der Waals surface area contributed by atoms with E-state index in [-0.39, 0.29) is 11.7 Å². The second-order valence-electron chi connectivity index (χ2n) is 5.46. The minimum Gasteiger partial charge on any atom is -0.497 e. The molecule has 0 saturated heterocycles. The molecule has 2 heteroatoms. The number of Topliss-reactive ketones (excluding diaryl/α,β-unsaturated/α-hetero) is 1. The molecule has 2 nitrogen and oxygen atoms in total. The SMILES string of the molecule is COc1cccc(C2CC2C(=O)c2ccc(C)cc2)c1. The quantitative estimate of drug-likeness (QED) is 0.782. The molecule has 1 aliphatic carbocycles. The number of rotatable bonds is 4. The Balaban J connectivity index is 1.75. The highest BCUT2D eigenvalue weighted by molar-refractivity contribution is 6.00. The molecule has 2 atom stereocenters. The van der Waals surface area contributed by atoms with Gasteiger partial charge in [0.25, 0.3) is 0 Å². The van der Waals surface area contributed by atoms with E-state index in [0.29, 0.717) is 5.92 Å². The molecule has 0 N–H and O–H groups in total. The van der Waals surface area contributed by atoms with Crippen molar-refractivity contribution >= 4 is 5.78 Å². The fourth-order valence-electron chi connectivity index (χ4n) is 2.66. The lowest BCUT2D eigenvalue weighted by atomic mass is 10.0. The van der Waals surface area contributed by atoms with Gasteiger partial charge in [0, 0.05) is 11.5 Å². The predicted octanol–water partition coefficient (Wildman–Crippen LogP) is 3.99. The second kappa shape index (κ2) is 5.12. The van der Waals surface area contributed by atoms with Crippen molar-refractivity contribution in [2.45, 2.75) is 19.3 Å². The lowest BCUT2D eigenvalue weighted by molar-refractivity contribution is 0.0965. The predicted molar refractivity (Wildman–Crippen MR) is 79.4 cm³/mol. The van der Waals surface area contributed by atoms with Gasteiger partial charge in [0.1, 0.15) is 5.75 Å². The Hall–Kier alpha value is -2.09. The van der Waals surface area contributed by atoms with E-state index in [1.165, 1.54) is 11.1 Å². The van der Waals surface area contributed by atoms with Crippen molar-refractivity contribution in [3.8, 4) is 5.75 Å². The number of carbonyl (C=O) groups excluding carboxylic acids is 1. The zero-order valence-electron chi connectivity index (χ0n) is 11.8. The van der Waals surface area contributed by atoms with Gasteiger partial charge in [0.15, 0.2) is 5.78 Å². The number of hydrogen-bond acceptors (Lipinski definition) is 2. The Kier molecular flexibility index (Phi) is 3.31. The van der Waals surface area contributed by atoms with Crippen molar-refractivity contribution in [3.05, 3.63) is 65.2 Å². The summed E-state index contributed by atoms with van der Waals surface area (Å²) >= 11 is 0. The summed E-state index contributed by atoms with van der Waals surface area (Å²) in [7, 11) is 1.67. The van der Waals surface area contributed by atoms with Crippen LogP contribution in [0.1, 0.15) is 33.8 Å². The van der Waals surface area contributed by atoms with E-state index in [0.717, 1.165) is 17.7 Å². The standard InChI is InChI=1S/C18H18O2/c1-12-6-8-13(9-7-12)18(19)17-11-16(17)14-4-3-5-15(10-14)20-2/h3-10,16-17H,11H2,1-2H3. The smallest absolute Gasteiger partial charge is 0.166 e. The van der Waals surface area contributed by atoms with Crippen LogP contribution in [0.25, 0.3) is 0 Å². The Labute approximate surface area is 119 Å².